The molecule has 0 nitrogen and oxygen atoms in total. The van der Waals surface area contributed by atoms with E-state index in [1.165, 1.54) is 12.8 Å². The van der Waals surface area contributed by atoms with Crippen molar-refractivity contribution >= 4 is 0 Å². The number of rotatable bonds is 3. The molecule has 0 N–H and O–H groups in total. The summed E-state index contributed by atoms with van der Waals surface area (Å²) in [5.41, 5.74) is 6.69. The molecule has 98 valence electrons. The predicted molar refractivity (Wildman–Crippen MR) is 78.1 cm³/mol. The fraction of sp³-hybridized carbons (Fsp3) is 0.765. The molecule has 0 bridgehead atoms. The van der Waals surface area contributed by atoms with Crippen LogP contribution in [0, 0.1) is 17.3 Å². The van der Waals surface area contributed by atoms with Crippen LogP contribution in [0.3, 0.4) is 0 Å². The number of hydrogen-bond donors (Lipinski definition) is 0. The van der Waals surface area contributed by atoms with Crippen molar-refractivity contribution in [2.75, 3.05) is 0 Å². The minimum absolute atomic E-state index is 0.264. The highest BCUT2D eigenvalue weighted by Gasteiger charge is 2.34. The van der Waals surface area contributed by atoms with Gasteiger partial charge in [0.05, 0.1) is 0 Å². The summed E-state index contributed by atoms with van der Waals surface area (Å²) in [5, 5.41) is 0. The fourth-order valence-corrected chi connectivity index (χ4v) is 3.04. The molecule has 1 atom stereocenters. The summed E-state index contributed by atoms with van der Waals surface area (Å²) in [7, 11) is 0. The molecule has 0 aromatic heterocycles. The van der Waals surface area contributed by atoms with E-state index in [4.69, 9.17) is 0 Å². The van der Waals surface area contributed by atoms with Crippen molar-refractivity contribution in [2.45, 2.75) is 68.2 Å². The summed E-state index contributed by atoms with van der Waals surface area (Å²) in [6.45, 7) is 18.8. The summed E-state index contributed by atoms with van der Waals surface area (Å²) in [5.74, 6) is 1.52. The molecule has 1 aliphatic rings. The molecule has 0 spiro atoms. The summed E-state index contributed by atoms with van der Waals surface area (Å²) in [6, 6.07) is 0. The molecule has 0 heteroatoms. The van der Waals surface area contributed by atoms with Crippen molar-refractivity contribution < 1.29 is 0 Å². The van der Waals surface area contributed by atoms with E-state index in [2.05, 4.69) is 55.4 Å². The number of allylic oxidation sites excluding steroid dienone is 4. The first kappa shape index (κ1) is 14.5. The summed E-state index contributed by atoms with van der Waals surface area (Å²) >= 11 is 0. The lowest BCUT2D eigenvalue weighted by molar-refractivity contribution is 0.414. The van der Waals surface area contributed by atoms with Gasteiger partial charge in [-0.25, -0.2) is 0 Å². The van der Waals surface area contributed by atoms with Crippen molar-refractivity contribution in [3.8, 4) is 0 Å². The van der Waals surface area contributed by atoms with E-state index in [0.717, 1.165) is 5.92 Å². The third kappa shape index (κ3) is 2.51. The summed E-state index contributed by atoms with van der Waals surface area (Å²) < 4.78 is 0. The molecule has 0 fully saturated rings. The lowest BCUT2D eigenvalue weighted by Gasteiger charge is -2.40. The fourth-order valence-electron chi connectivity index (χ4n) is 3.04. The second-order valence-corrected chi connectivity index (χ2v) is 6.54. The molecule has 1 aliphatic carbocycles. The van der Waals surface area contributed by atoms with E-state index in [1.807, 2.05) is 0 Å². The van der Waals surface area contributed by atoms with Gasteiger partial charge in [0.15, 0.2) is 0 Å². The van der Waals surface area contributed by atoms with Crippen molar-refractivity contribution in [2.24, 2.45) is 17.3 Å². The smallest absolute Gasteiger partial charge is 0.00640 e. The molecule has 0 saturated heterocycles. The van der Waals surface area contributed by atoms with E-state index in [0.29, 0.717) is 5.92 Å². The highest BCUT2D eigenvalue weighted by molar-refractivity contribution is 5.41. The van der Waals surface area contributed by atoms with Crippen LogP contribution in [0.1, 0.15) is 68.2 Å². The number of hydrogen-bond acceptors (Lipinski definition) is 0. The van der Waals surface area contributed by atoms with E-state index in [-0.39, 0.29) is 5.41 Å². The van der Waals surface area contributed by atoms with Crippen LogP contribution in [0.4, 0.5) is 0 Å². The molecule has 0 heterocycles. The van der Waals surface area contributed by atoms with E-state index < -0.39 is 0 Å². The standard InChI is InChI=1S/C17H30/c1-9-11(2)10-16-12(3)14(5)17(7,8)15(6)13(16)4/h11,16H,9-10H2,1-8H3. The molecular formula is C17H30. The van der Waals surface area contributed by atoms with Crippen molar-refractivity contribution in [1.29, 1.82) is 0 Å². The minimum atomic E-state index is 0.264. The molecule has 0 amide bonds. The van der Waals surface area contributed by atoms with Gasteiger partial charge in [0, 0.05) is 11.3 Å². The monoisotopic (exact) mass is 234 g/mol. The van der Waals surface area contributed by atoms with Crippen molar-refractivity contribution in [3.63, 3.8) is 0 Å². The molecule has 0 aromatic carbocycles. The Kier molecular flexibility index (Phi) is 4.28. The second-order valence-electron chi connectivity index (χ2n) is 6.54. The zero-order valence-electron chi connectivity index (χ0n) is 13.1. The van der Waals surface area contributed by atoms with Gasteiger partial charge in [-0.2, -0.15) is 0 Å². The Morgan fingerprint density at radius 1 is 1.00 bits per heavy atom. The third-order valence-electron chi connectivity index (χ3n) is 5.44. The second kappa shape index (κ2) is 5.00. The maximum Gasteiger partial charge on any atom is 0.00640 e. The van der Waals surface area contributed by atoms with E-state index in [9.17, 15) is 0 Å². The van der Waals surface area contributed by atoms with Gasteiger partial charge in [-0.1, -0.05) is 56.4 Å². The lowest BCUT2D eigenvalue weighted by Crippen LogP contribution is -2.27. The zero-order chi connectivity index (χ0) is 13.4. The third-order valence-corrected chi connectivity index (χ3v) is 5.44. The Morgan fingerprint density at radius 3 is 1.76 bits per heavy atom. The minimum Gasteiger partial charge on any atom is -0.0664 e. The average molecular weight is 234 g/mol. The molecule has 0 radical (unpaired) electrons. The van der Waals surface area contributed by atoms with Crippen molar-refractivity contribution in [3.05, 3.63) is 22.3 Å². The topological polar surface area (TPSA) is 0 Å². The van der Waals surface area contributed by atoms with Gasteiger partial charge in [-0.3, -0.25) is 0 Å². The average Bonchev–Trinajstić information content (AvgIpc) is 2.30. The van der Waals surface area contributed by atoms with Gasteiger partial charge in [-0.05, 0) is 40.0 Å². The van der Waals surface area contributed by atoms with Crippen LogP contribution in [-0.4, -0.2) is 0 Å². The first-order valence-corrected chi connectivity index (χ1v) is 7.09. The summed E-state index contributed by atoms with van der Waals surface area (Å²) in [6.07, 6.45) is 2.61. The van der Waals surface area contributed by atoms with Gasteiger partial charge < -0.3 is 0 Å². The molecule has 0 aromatic rings. The lowest BCUT2D eigenvalue weighted by atomic mass is 9.65. The van der Waals surface area contributed by atoms with Gasteiger partial charge in [0.1, 0.15) is 0 Å². The van der Waals surface area contributed by atoms with Crippen LogP contribution in [0.15, 0.2) is 22.3 Å². The maximum atomic E-state index is 2.38. The normalized spacial score (nSPS) is 23.3. The first-order chi connectivity index (χ1) is 7.73. The SMILES string of the molecule is CCC(C)CC1C(C)=C(C)C(C)(C)C(C)=C1C. The van der Waals surface area contributed by atoms with Crippen LogP contribution < -0.4 is 0 Å². The Bertz CT molecular complexity index is 324. The Morgan fingerprint density at radius 2 is 1.41 bits per heavy atom. The van der Waals surface area contributed by atoms with Gasteiger partial charge in [0.2, 0.25) is 0 Å². The van der Waals surface area contributed by atoms with E-state index >= 15 is 0 Å². The summed E-state index contributed by atoms with van der Waals surface area (Å²) in [4.78, 5) is 0. The zero-order valence-corrected chi connectivity index (χ0v) is 13.1. The Labute approximate surface area is 108 Å². The first-order valence-electron chi connectivity index (χ1n) is 7.09. The molecular weight excluding hydrogens is 204 g/mol. The maximum absolute atomic E-state index is 2.38. The van der Waals surface area contributed by atoms with Crippen LogP contribution in [0.2, 0.25) is 0 Å². The quantitative estimate of drug-likeness (QED) is 0.545. The van der Waals surface area contributed by atoms with Crippen molar-refractivity contribution in [1.82, 2.24) is 0 Å². The van der Waals surface area contributed by atoms with Crippen LogP contribution >= 0.6 is 0 Å². The predicted octanol–water partition coefficient (Wildman–Crippen LogP) is 5.75. The molecule has 1 rings (SSSR count). The highest BCUT2D eigenvalue weighted by atomic mass is 14.4. The van der Waals surface area contributed by atoms with Crippen LogP contribution in [-0.2, 0) is 0 Å². The van der Waals surface area contributed by atoms with Gasteiger partial charge in [-0.15, -0.1) is 0 Å². The van der Waals surface area contributed by atoms with Gasteiger partial charge >= 0.3 is 0 Å². The van der Waals surface area contributed by atoms with Crippen LogP contribution in [0.5, 0.6) is 0 Å². The Balaban J connectivity index is 3.12. The Hall–Kier alpha value is -0.520. The molecule has 1 unspecified atom stereocenters. The van der Waals surface area contributed by atoms with E-state index in [1.54, 1.807) is 22.3 Å². The van der Waals surface area contributed by atoms with Gasteiger partial charge in [0.25, 0.3) is 0 Å². The largest absolute Gasteiger partial charge is 0.0664 e. The molecule has 17 heavy (non-hydrogen) atoms. The molecule has 0 saturated carbocycles. The molecule has 0 aliphatic heterocycles. The highest BCUT2D eigenvalue weighted by Crippen LogP contribution is 2.47. The van der Waals surface area contributed by atoms with Crippen LogP contribution in [0.25, 0.3) is 0 Å².